The van der Waals surface area contributed by atoms with E-state index in [0.717, 1.165) is 60.1 Å². The number of aromatic nitrogens is 2. The van der Waals surface area contributed by atoms with Gasteiger partial charge in [0.15, 0.2) is 0 Å². The molecule has 1 fully saturated rings. The van der Waals surface area contributed by atoms with Crippen molar-refractivity contribution >= 4 is 22.7 Å². The Bertz CT molecular complexity index is 1270. The van der Waals surface area contributed by atoms with Crippen LogP contribution in [0.5, 0.6) is 0 Å². The summed E-state index contributed by atoms with van der Waals surface area (Å²) in [5, 5.41) is 18.5. The summed E-state index contributed by atoms with van der Waals surface area (Å²) in [6.45, 7) is 2.95. The second-order valence-electron chi connectivity index (χ2n) is 9.76. The third-order valence-electron chi connectivity index (χ3n) is 7.35. The summed E-state index contributed by atoms with van der Waals surface area (Å²) in [7, 11) is 1.91. The third kappa shape index (κ3) is 5.30. The van der Waals surface area contributed by atoms with Gasteiger partial charge >= 0.3 is 0 Å². The maximum absolute atomic E-state index is 10.8. The van der Waals surface area contributed by atoms with Crippen LogP contribution in [0.3, 0.4) is 0 Å². The van der Waals surface area contributed by atoms with Crippen molar-refractivity contribution in [3.63, 3.8) is 0 Å². The zero-order valence-corrected chi connectivity index (χ0v) is 20.5. The second kappa shape index (κ2) is 10.4. The van der Waals surface area contributed by atoms with Crippen molar-refractivity contribution in [2.24, 2.45) is 11.8 Å². The Morgan fingerprint density at radius 2 is 1.60 bits per heavy atom. The lowest BCUT2D eigenvalue weighted by molar-refractivity contribution is 0.0749. The van der Waals surface area contributed by atoms with Gasteiger partial charge in [0.25, 0.3) is 0 Å². The first-order valence-electron chi connectivity index (χ1n) is 12.6. The number of hydrogen-bond acceptors (Lipinski definition) is 5. The van der Waals surface area contributed by atoms with E-state index in [9.17, 15) is 5.11 Å². The maximum atomic E-state index is 10.8. The Morgan fingerprint density at radius 3 is 2.31 bits per heavy atom. The minimum absolute atomic E-state index is 0.337. The van der Waals surface area contributed by atoms with Crippen LogP contribution in [0.25, 0.3) is 22.0 Å². The van der Waals surface area contributed by atoms with Crippen molar-refractivity contribution < 1.29 is 5.11 Å². The number of fused-ring (bicyclic) bond motifs is 1. The monoisotopic (exact) mass is 466 g/mol. The summed E-state index contributed by atoms with van der Waals surface area (Å²) in [4.78, 5) is 9.56. The highest BCUT2D eigenvalue weighted by molar-refractivity contribution is 5.93. The molecular formula is C30H34N4O. The fourth-order valence-corrected chi connectivity index (χ4v) is 5.19. The molecule has 5 nitrogen and oxygen atoms in total. The van der Waals surface area contributed by atoms with Crippen LogP contribution in [0.1, 0.15) is 42.9 Å². The third-order valence-corrected chi connectivity index (χ3v) is 7.35. The van der Waals surface area contributed by atoms with Crippen LogP contribution in [0.15, 0.2) is 72.8 Å². The number of nitrogens with zero attached hydrogens (tertiary/aromatic N) is 2. The molecule has 1 aliphatic rings. The molecule has 3 N–H and O–H groups in total. The summed E-state index contributed by atoms with van der Waals surface area (Å²) in [5.74, 6) is 2.40. The van der Waals surface area contributed by atoms with Crippen LogP contribution < -0.4 is 10.6 Å². The van der Waals surface area contributed by atoms with Gasteiger partial charge in [0, 0.05) is 19.0 Å². The van der Waals surface area contributed by atoms with Crippen molar-refractivity contribution in [2.45, 2.75) is 38.7 Å². The van der Waals surface area contributed by atoms with Gasteiger partial charge in [-0.15, -0.1) is 0 Å². The standard InChI is InChI=1S/C30H34N4O/c1-20-8-12-22(13-9-20)25-16-17-27-26(18-25)29(31-2)34-30(33-27)32-19-21-10-14-24(15-11-21)28(35)23-6-4-3-5-7-23/h3-9,12-13,16-18,21,24,28,35H,10-11,14-15,19H2,1-2H3,(H2,31,32,33,34)/t21-,24-,28?. The first-order valence-corrected chi connectivity index (χ1v) is 12.6. The molecule has 5 heteroatoms. The molecule has 0 spiro atoms. The Balaban J connectivity index is 1.23. The van der Waals surface area contributed by atoms with Gasteiger partial charge < -0.3 is 15.7 Å². The lowest BCUT2D eigenvalue weighted by Gasteiger charge is -2.31. The predicted octanol–water partition coefficient (Wildman–Crippen LogP) is 6.60. The molecule has 0 aliphatic heterocycles. The van der Waals surface area contributed by atoms with Crippen molar-refractivity contribution in [3.05, 3.63) is 83.9 Å². The number of aliphatic hydroxyl groups excluding tert-OH is 1. The van der Waals surface area contributed by atoms with E-state index < -0.39 is 0 Å². The lowest BCUT2D eigenvalue weighted by atomic mass is 9.78. The lowest BCUT2D eigenvalue weighted by Crippen LogP contribution is -2.25. The number of anilines is 2. The van der Waals surface area contributed by atoms with Crippen molar-refractivity contribution in [1.82, 2.24) is 9.97 Å². The molecule has 1 aliphatic carbocycles. The van der Waals surface area contributed by atoms with Crippen LogP contribution in [-0.4, -0.2) is 28.7 Å². The van der Waals surface area contributed by atoms with Crippen LogP contribution >= 0.6 is 0 Å². The Morgan fingerprint density at radius 1 is 0.886 bits per heavy atom. The van der Waals surface area contributed by atoms with Crippen molar-refractivity contribution in [3.8, 4) is 11.1 Å². The topological polar surface area (TPSA) is 70.1 Å². The van der Waals surface area contributed by atoms with E-state index in [4.69, 9.17) is 9.97 Å². The highest BCUT2D eigenvalue weighted by atomic mass is 16.3. The molecule has 0 radical (unpaired) electrons. The number of benzene rings is 3. The Labute approximate surface area is 207 Å². The molecule has 1 heterocycles. The molecule has 180 valence electrons. The number of rotatable bonds is 7. The summed E-state index contributed by atoms with van der Waals surface area (Å²) >= 11 is 0. The van der Waals surface area contributed by atoms with E-state index in [0.29, 0.717) is 17.8 Å². The van der Waals surface area contributed by atoms with Gasteiger partial charge in [-0.2, -0.15) is 4.98 Å². The molecule has 4 aromatic rings. The average Bonchev–Trinajstić information content (AvgIpc) is 2.92. The molecule has 1 saturated carbocycles. The highest BCUT2D eigenvalue weighted by Gasteiger charge is 2.27. The average molecular weight is 467 g/mol. The summed E-state index contributed by atoms with van der Waals surface area (Å²) < 4.78 is 0. The molecule has 1 aromatic heterocycles. The minimum atomic E-state index is -0.364. The van der Waals surface area contributed by atoms with Gasteiger partial charge in [-0.3, -0.25) is 0 Å². The molecular weight excluding hydrogens is 432 g/mol. The van der Waals surface area contributed by atoms with Gasteiger partial charge in [-0.25, -0.2) is 4.98 Å². The number of aliphatic hydroxyl groups is 1. The van der Waals surface area contributed by atoms with Crippen LogP contribution in [0, 0.1) is 18.8 Å². The van der Waals surface area contributed by atoms with Gasteiger partial charge in [0.1, 0.15) is 5.82 Å². The van der Waals surface area contributed by atoms with Crippen LogP contribution in [-0.2, 0) is 0 Å². The minimum Gasteiger partial charge on any atom is -0.388 e. The molecule has 1 atom stereocenters. The largest absolute Gasteiger partial charge is 0.388 e. The van der Waals surface area contributed by atoms with Gasteiger partial charge in [-0.1, -0.05) is 66.2 Å². The summed E-state index contributed by atoms with van der Waals surface area (Å²) in [6.07, 6.45) is 3.94. The van der Waals surface area contributed by atoms with E-state index in [-0.39, 0.29) is 6.10 Å². The smallest absolute Gasteiger partial charge is 0.225 e. The SMILES string of the molecule is CNc1nc(NC[C@H]2CC[C@H](C(O)c3ccccc3)CC2)nc2ccc(-c3ccc(C)cc3)cc12. The molecule has 1 unspecified atom stereocenters. The van der Waals surface area contributed by atoms with Gasteiger partial charge in [0.05, 0.1) is 11.6 Å². The van der Waals surface area contributed by atoms with Crippen molar-refractivity contribution in [1.29, 1.82) is 0 Å². The van der Waals surface area contributed by atoms with E-state index >= 15 is 0 Å². The molecule has 35 heavy (non-hydrogen) atoms. The van der Waals surface area contributed by atoms with Crippen LogP contribution in [0.2, 0.25) is 0 Å². The number of hydrogen-bond donors (Lipinski definition) is 3. The normalized spacial score (nSPS) is 18.8. The predicted molar refractivity (Wildman–Crippen MR) is 145 cm³/mol. The van der Waals surface area contributed by atoms with E-state index in [1.54, 1.807) is 0 Å². The zero-order valence-electron chi connectivity index (χ0n) is 20.5. The molecule has 3 aromatic carbocycles. The molecule has 0 saturated heterocycles. The fraction of sp³-hybridized carbons (Fsp3) is 0.333. The van der Waals surface area contributed by atoms with Gasteiger partial charge in [0.2, 0.25) is 5.95 Å². The summed E-state index contributed by atoms with van der Waals surface area (Å²) in [5.41, 5.74) is 5.56. The quantitative estimate of drug-likeness (QED) is 0.286. The number of aryl methyl sites for hydroxylation is 1. The highest BCUT2D eigenvalue weighted by Crippen LogP contribution is 2.37. The summed E-state index contributed by atoms with van der Waals surface area (Å²) in [6, 6.07) is 25.0. The molecule has 0 amide bonds. The Hall–Kier alpha value is -3.44. The zero-order chi connectivity index (χ0) is 24.2. The second-order valence-corrected chi connectivity index (χ2v) is 9.76. The molecule has 0 bridgehead atoms. The van der Waals surface area contributed by atoms with E-state index in [1.165, 1.54) is 11.1 Å². The maximum Gasteiger partial charge on any atom is 0.225 e. The fourth-order valence-electron chi connectivity index (χ4n) is 5.19. The Kier molecular flexibility index (Phi) is 6.96. The first-order chi connectivity index (χ1) is 17.1. The van der Waals surface area contributed by atoms with E-state index in [2.05, 4.69) is 60.0 Å². The number of nitrogens with one attached hydrogen (secondary N) is 2. The van der Waals surface area contributed by atoms with Crippen molar-refractivity contribution in [2.75, 3.05) is 24.2 Å². The van der Waals surface area contributed by atoms with E-state index in [1.807, 2.05) is 37.4 Å². The van der Waals surface area contributed by atoms with Crippen LogP contribution in [0.4, 0.5) is 11.8 Å². The van der Waals surface area contributed by atoms with Gasteiger partial charge in [-0.05, 0) is 73.3 Å². The molecule has 5 rings (SSSR count). The first kappa shape index (κ1) is 23.3.